The molecule has 124 valence electrons. The zero-order valence-corrected chi connectivity index (χ0v) is 14.3. The smallest absolute Gasteiger partial charge is 0.253 e. The normalized spacial score (nSPS) is 32.1. The van der Waals surface area contributed by atoms with Crippen molar-refractivity contribution in [1.29, 1.82) is 0 Å². The molecule has 0 radical (unpaired) electrons. The molecule has 1 unspecified atom stereocenters. The maximum atomic E-state index is 13.7. The van der Waals surface area contributed by atoms with E-state index >= 15 is 0 Å². The van der Waals surface area contributed by atoms with Crippen molar-refractivity contribution in [2.75, 3.05) is 13.1 Å². The molecule has 1 aromatic carbocycles. The second kappa shape index (κ2) is 6.60. The van der Waals surface area contributed by atoms with Gasteiger partial charge in [-0.1, -0.05) is 23.7 Å². The van der Waals surface area contributed by atoms with Gasteiger partial charge >= 0.3 is 0 Å². The molecule has 2 fully saturated rings. The van der Waals surface area contributed by atoms with E-state index in [1.807, 2.05) is 12.1 Å². The summed E-state index contributed by atoms with van der Waals surface area (Å²) in [4.78, 5) is 2.23. The van der Waals surface area contributed by atoms with E-state index in [9.17, 15) is 8.78 Å². The van der Waals surface area contributed by atoms with Gasteiger partial charge in [0.2, 0.25) is 0 Å². The van der Waals surface area contributed by atoms with Crippen LogP contribution in [0.5, 0.6) is 0 Å². The lowest BCUT2D eigenvalue weighted by molar-refractivity contribution is 0.0335. The second-order valence-electron chi connectivity index (χ2n) is 6.42. The van der Waals surface area contributed by atoms with Gasteiger partial charge in [-0.2, -0.15) is 0 Å². The van der Waals surface area contributed by atoms with Crippen molar-refractivity contribution < 1.29 is 8.78 Å². The summed E-state index contributed by atoms with van der Waals surface area (Å²) < 4.78 is 27.4. The van der Waals surface area contributed by atoms with Gasteiger partial charge in [0.1, 0.15) is 0 Å². The van der Waals surface area contributed by atoms with E-state index < -0.39 is 11.8 Å². The van der Waals surface area contributed by atoms with E-state index in [4.69, 9.17) is 11.6 Å². The van der Waals surface area contributed by atoms with Crippen molar-refractivity contribution in [3.05, 3.63) is 34.9 Å². The fourth-order valence-electron chi connectivity index (χ4n) is 3.33. The number of rotatable bonds is 3. The third-order valence-corrected chi connectivity index (χ3v) is 4.89. The van der Waals surface area contributed by atoms with E-state index in [1.54, 1.807) is 12.1 Å². The first-order valence-electron chi connectivity index (χ1n) is 7.51. The van der Waals surface area contributed by atoms with Crippen molar-refractivity contribution in [1.82, 2.24) is 10.2 Å². The Labute approximate surface area is 141 Å². The predicted molar refractivity (Wildman–Crippen MR) is 88.1 cm³/mol. The molecule has 1 N–H and O–H groups in total. The van der Waals surface area contributed by atoms with Gasteiger partial charge in [0.25, 0.3) is 5.92 Å². The molecular weight excluding hydrogens is 329 g/mol. The molecule has 1 heterocycles. The maximum Gasteiger partial charge on any atom is 0.253 e. The molecule has 4 atom stereocenters. The SMILES string of the molecule is C[C@@H]1CN[C@@H](C)CN1C(c1ccc(Cl)cc1)[C@@H]1CC1(F)F.Cl. The predicted octanol–water partition coefficient (Wildman–Crippen LogP) is 4.14. The van der Waals surface area contributed by atoms with Crippen molar-refractivity contribution in [2.24, 2.45) is 5.92 Å². The van der Waals surface area contributed by atoms with Crippen molar-refractivity contribution >= 4 is 24.0 Å². The number of halogens is 4. The lowest BCUT2D eigenvalue weighted by atomic mass is 9.96. The maximum absolute atomic E-state index is 13.7. The highest BCUT2D eigenvalue weighted by molar-refractivity contribution is 6.30. The van der Waals surface area contributed by atoms with Crippen LogP contribution < -0.4 is 5.32 Å². The molecule has 2 nitrogen and oxygen atoms in total. The minimum atomic E-state index is -2.53. The van der Waals surface area contributed by atoms with Gasteiger partial charge in [0.05, 0.1) is 0 Å². The molecule has 1 saturated heterocycles. The van der Waals surface area contributed by atoms with Gasteiger partial charge in [0.15, 0.2) is 0 Å². The number of nitrogens with one attached hydrogen (secondary N) is 1. The second-order valence-corrected chi connectivity index (χ2v) is 6.86. The number of nitrogens with zero attached hydrogens (tertiary/aromatic N) is 1. The van der Waals surface area contributed by atoms with Crippen LogP contribution in [0, 0.1) is 5.92 Å². The van der Waals surface area contributed by atoms with Gasteiger partial charge in [-0.05, 0) is 31.5 Å². The van der Waals surface area contributed by atoms with Crippen molar-refractivity contribution in [3.63, 3.8) is 0 Å². The lowest BCUT2D eigenvalue weighted by Crippen LogP contribution is -2.55. The van der Waals surface area contributed by atoms with Crippen molar-refractivity contribution in [2.45, 2.75) is 44.3 Å². The van der Waals surface area contributed by atoms with Gasteiger partial charge < -0.3 is 5.32 Å². The van der Waals surface area contributed by atoms with Gasteiger partial charge in [-0.3, -0.25) is 4.90 Å². The number of hydrogen-bond acceptors (Lipinski definition) is 2. The Bertz CT molecular complexity index is 509. The first kappa shape index (κ1) is 17.9. The molecule has 3 rings (SSSR count). The summed E-state index contributed by atoms with van der Waals surface area (Å²) in [6.45, 7) is 5.83. The summed E-state index contributed by atoms with van der Waals surface area (Å²) in [6, 6.07) is 7.71. The summed E-state index contributed by atoms with van der Waals surface area (Å²) in [7, 11) is 0. The Morgan fingerprint density at radius 1 is 1.27 bits per heavy atom. The van der Waals surface area contributed by atoms with Gasteiger partial charge in [0, 0.05) is 48.6 Å². The van der Waals surface area contributed by atoms with Crippen LogP contribution in [0.15, 0.2) is 24.3 Å². The summed E-state index contributed by atoms with van der Waals surface area (Å²) in [5.41, 5.74) is 0.947. The summed E-state index contributed by atoms with van der Waals surface area (Å²) in [6.07, 6.45) is -0.00861. The highest BCUT2D eigenvalue weighted by atomic mass is 35.5. The van der Waals surface area contributed by atoms with Crippen LogP contribution in [-0.4, -0.2) is 36.0 Å². The first-order valence-corrected chi connectivity index (χ1v) is 7.88. The van der Waals surface area contributed by atoms with E-state index in [0.29, 0.717) is 11.1 Å². The van der Waals surface area contributed by atoms with Gasteiger partial charge in [-0.15, -0.1) is 12.4 Å². The molecule has 1 aliphatic carbocycles. The van der Waals surface area contributed by atoms with Crippen LogP contribution in [0.1, 0.15) is 31.9 Å². The molecule has 1 aliphatic heterocycles. The molecule has 0 amide bonds. The Balaban J connectivity index is 0.00000176. The van der Waals surface area contributed by atoms with Gasteiger partial charge in [-0.25, -0.2) is 8.78 Å². The number of benzene rings is 1. The summed E-state index contributed by atoms with van der Waals surface area (Å²) >= 11 is 5.93. The Morgan fingerprint density at radius 2 is 1.86 bits per heavy atom. The van der Waals surface area contributed by atoms with E-state index in [1.165, 1.54) is 0 Å². The molecule has 22 heavy (non-hydrogen) atoms. The molecule has 6 heteroatoms. The third kappa shape index (κ3) is 3.56. The Morgan fingerprint density at radius 3 is 2.41 bits per heavy atom. The molecule has 0 spiro atoms. The highest BCUT2D eigenvalue weighted by Gasteiger charge is 2.62. The van der Waals surface area contributed by atoms with Crippen LogP contribution in [0.3, 0.4) is 0 Å². The lowest BCUT2D eigenvalue weighted by Gasteiger charge is -2.43. The van der Waals surface area contributed by atoms with E-state index in [2.05, 4.69) is 24.1 Å². The van der Waals surface area contributed by atoms with Crippen LogP contribution in [0.2, 0.25) is 5.02 Å². The molecule has 1 saturated carbocycles. The fourth-order valence-corrected chi connectivity index (χ4v) is 3.46. The van der Waals surface area contributed by atoms with Crippen LogP contribution in [-0.2, 0) is 0 Å². The Kier molecular flexibility index (Phi) is 5.38. The van der Waals surface area contributed by atoms with Crippen molar-refractivity contribution in [3.8, 4) is 0 Å². The van der Waals surface area contributed by atoms with Crippen LogP contribution in [0.25, 0.3) is 0 Å². The first-order chi connectivity index (χ1) is 9.88. The van der Waals surface area contributed by atoms with Crippen LogP contribution >= 0.6 is 24.0 Å². The number of piperazine rings is 1. The molecule has 1 aromatic rings. The average Bonchev–Trinajstić information content (AvgIpc) is 3.05. The zero-order valence-electron chi connectivity index (χ0n) is 12.7. The van der Waals surface area contributed by atoms with Crippen LogP contribution in [0.4, 0.5) is 8.78 Å². The van der Waals surface area contributed by atoms with E-state index in [0.717, 1.165) is 18.7 Å². The monoisotopic (exact) mass is 350 g/mol. The minimum Gasteiger partial charge on any atom is -0.311 e. The quantitative estimate of drug-likeness (QED) is 0.881. The molecule has 2 aliphatic rings. The molecule has 0 bridgehead atoms. The van der Waals surface area contributed by atoms with E-state index in [-0.39, 0.29) is 30.9 Å². The number of alkyl halides is 2. The minimum absolute atomic E-state index is 0. The number of hydrogen-bond donors (Lipinski definition) is 1. The molecule has 0 aromatic heterocycles. The third-order valence-electron chi connectivity index (χ3n) is 4.64. The average molecular weight is 351 g/mol. The summed E-state index contributed by atoms with van der Waals surface area (Å²) in [5, 5.41) is 4.05. The molecular formula is C16H22Cl2F2N2. The Hall–Kier alpha value is -0.420. The highest BCUT2D eigenvalue weighted by Crippen LogP contribution is 2.57. The standard InChI is InChI=1S/C16H21ClF2N2.ClH/c1-10-9-21(11(2)8-20-10)15(14-7-16(14,18)19)12-3-5-13(17)6-4-12;/h3-6,10-11,14-15,20H,7-9H2,1-2H3;1H/t10-,11+,14-,15?;/m0./s1. The fraction of sp³-hybridized carbons (Fsp3) is 0.625. The zero-order chi connectivity index (χ0) is 15.2. The largest absolute Gasteiger partial charge is 0.311 e. The topological polar surface area (TPSA) is 15.3 Å². The summed E-state index contributed by atoms with van der Waals surface area (Å²) in [5.74, 6) is -3.11.